The average molecular weight is 425 g/mol. The molecule has 7 aromatic rings. The van der Waals surface area contributed by atoms with Gasteiger partial charge in [-0.25, -0.2) is 15.0 Å². The number of pyridine rings is 4. The molecule has 7 aromatic heterocycles. The Morgan fingerprint density at radius 2 is 1.06 bits per heavy atom. The minimum absolute atomic E-state index is 0. The van der Waals surface area contributed by atoms with Crippen LogP contribution < -0.4 is 33.8 Å². The molecule has 0 aliphatic rings. The van der Waals surface area contributed by atoms with Crippen molar-refractivity contribution in [2.24, 2.45) is 0 Å². The summed E-state index contributed by atoms with van der Waals surface area (Å²) in [5.74, 6) is 1.19. The second-order valence-electron chi connectivity index (χ2n) is 7.43. The first-order chi connectivity index (χ1) is 15.9. The van der Waals surface area contributed by atoms with Gasteiger partial charge in [-0.2, -0.15) is 9.13 Å². The van der Waals surface area contributed by atoms with E-state index in [4.69, 9.17) is 0 Å². The van der Waals surface area contributed by atoms with Crippen LogP contribution in [0, 0.1) is 0 Å². The van der Waals surface area contributed by atoms with E-state index >= 15 is 0 Å². The van der Waals surface area contributed by atoms with E-state index in [-0.39, 0.29) is 18.9 Å². The van der Waals surface area contributed by atoms with Crippen molar-refractivity contribution in [3.8, 4) is 11.9 Å². The third-order valence-corrected chi connectivity index (χ3v) is 5.70. The summed E-state index contributed by atoms with van der Waals surface area (Å²) >= 11 is 0. The first-order valence-corrected chi connectivity index (χ1v) is 10.2. The van der Waals surface area contributed by atoms with E-state index < -0.39 is 0 Å². The Morgan fingerprint density at radius 3 is 1.58 bits per heavy atom. The molecule has 0 radical (unpaired) electrons. The zero-order chi connectivity index (χ0) is 21.1. The summed E-state index contributed by atoms with van der Waals surface area (Å²) in [7, 11) is 0. The fourth-order valence-corrected chi connectivity index (χ4v) is 4.39. The van der Waals surface area contributed by atoms with Gasteiger partial charge in [-0.05, 0) is 48.5 Å². The van der Waals surface area contributed by atoms with Crippen LogP contribution in [-0.4, -0.2) is 29.1 Å². The molecule has 0 fully saturated rings. The molecule has 0 saturated carbocycles. The number of nitrogens with zero attached hydrogens (tertiary/aromatic N) is 6. The fraction of sp³-hybridized carbons (Fsp3) is 0. The minimum atomic E-state index is 0. The zero-order valence-electron chi connectivity index (χ0n) is 17.7. The van der Waals surface area contributed by atoms with E-state index in [1.54, 1.807) is 18.7 Å². The average Bonchev–Trinajstić information content (AvgIpc) is 3.37. The molecule has 0 aliphatic carbocycles. The Hall–Kier alpha value is -4.19. The van der Waals surface area contributed by atoms with Gasteiger partial charge in [-0.3, -0.25) is 9.97 Å². The van der Waals surface area contributed by atoms with Crippen molar-refractivity contribution in [1.82, 2.24) is 29.1 Å². The Kier molecular flexibility index (Phi) is 4.40. The first kappa shape index (κ1) is 19.5. The van der Waals surface area contributed by atoms with Crippen LogP contribution >= 0.6 is 0 Å². The molecule has 33 heavy (non-hydrogen) atoms. The van der Waals surface area contributed by atoms with Crippen LogP contribution in [0.25, 0.3) is 56.0 Å². The van der Waals surface area contributed by atoms with Crippen molar-refractivity contribution in [3.63, 3.8) is 0 Å². The van der Waals surface area contributed by atoms with E-state index in [0.717, 1.165) is 44.1 Å². The molecule has 7 rings (SSSR count). The van der Waals surface area contributed by atoms with Crippen LogP contribution in [-0.2, 0) is 0 Å². The molecule has 0 saturated heterocycles. The number of hydrogen-bond donors (Lipinski definition) is 0. The summed E-state index contributed by atoms with van der Waals surface area (Å²) in [6.45, 7) is 0. The summed E-state index contributed by atoms with van der Waals surface area (Å²) in [6, 6.07) is 16.1. The molecular formula is C23H16LiN9+4. The smallest absolute Gasteiger partial charge is 0.258 e. The molecule has 150 valence electrons. The van der Waals surface area contributed by atoms with Crippen molar-refractivity contribution >= 4 is 44.1 Å². The van der Waals surface area contributed by atoms with Crippen LogP contribution in [0.15, 0.2) is 79.6 Å². The van der Waals surface area contributed by atoms with Gasteiger partial charge in [0.05, 0.1) is 23.2 Å². The van der Waals surface area contributed by atoms with Gasteiger partial charge in [-0.15, -0.1) is 9.97 Å². The Labute approximate surface area is 198 Å². The molecule has 0 aromatic carbocycles. The third kappa shape index (κ3) is 2.77. The Bertz CT molecular complexity index is 1570. The number of aromatic nitrogens is 9. The van der Waals surface area contributed by atoms with Crippen LogP contribution in [0.4, 0.5) is 0 Å². The van der Waals surface area contributed by atoms with Gasteiger partial charge >= 0.3 is 30.8 Å². The van der Waals surface area contributed by atoms with Gasteiger partial charge in [-0.1, -0.05) is 0 Å². The van der Waals surface area contributed by atoms with Gasteiger partial charge in [0.2, 0.25) is 17.6 Å². The van der Waals surface area contributed by atoms with E-state index in [2.05, 4.69) is 59.2 Å². The van der Waals surface area contributed by atoms with Gasteiger partial charge in [0, 0.05) is 23.2 Å². The topological polar surface area (TPSA) is 104 Å². The summed E-state index contributed by atoms with van der Waals surface area (Å²) < 4.78 is 3.95. The molecule has 0 atom stereocenters. The number of rotatable bonds is 2. The van der Waals surface area contributed by atoms with Crippen molar-refractivity contribution in [2.75, 3.05) is 0 Å². The molecular weight excluding hydrogens is 409 g/mol. The number of H-pyrrole nitrogens is 3. The maximum atomic E-state index is 4.62. The third-order valence-electron chi connectivity index (χ3n) is 5.70. The molecule has 0 bridgehead atoms. The summed E-state index contributed by atoms with van der Waals surface area (Å²) in [4.78, 5) is 28.4. The molecule has 0 amide bonds. The van der Waals surface area contributed by atoms with Crippen molar-refractivity contribution in [3.05, 3.63) is 79.6 Å². The minimum Gasteiger partial charge on any atom is -0.258 e. The number of nitrogens with one attached hydrogen (secondary N) is 3. The zero-order valence-corrected chi connectivity index (χ0v) is 17.7. The quantitative estimate of drug-likeness (QED) is 0.328. The van der Waals surface area contributed by atoms with Crippen LogP contribution in [0.1, 0.15) is 0 Å². The molecule has 3 N–H and O–H groups in total. The van der Waals surface area contributed by atoms with Crippen molar-refractivity contribution in [1.29, 1.82) is 0 Å². The predicted molar refractivity (Wildman–Crippen MR) is 116 cm³/mol. The second kappa shape index (κ2) is 7.45. The molecule has 0 unspecified atom stereocenters. The van der Waals surface area contributed by atoms with Gasteiger partial charge < -0.3 is 0 Å². The SMILES string of the molecule is [Li+].c1cnc2c(c1)c1ccc[nH+]c1n2-c1ncnc(-n2c3ncccc3c3ccc[nH+]c32)[nH+]1. The maximum Gasteiger partial charge on any atom is 1.00 e. The fourth-order valence-electron chi connectivity index (χ4n) is 4.39. The van der Waals surface area contributed by atoms with E-state index in [9.17, 15) is 0 Å². The van der Waals surface area contributed by atoms with Gasteiger partial charge in [0.15, 0.2) is 11.3 Å². The number of aromatic amines is 3. The Balaban J connectivity index is 0.00000206. The van der Waals surface area contributed by atoms with Gasteiger partial charge in [0.25, 0.3) is 0 Å². The summed E-state index contributed by atoms with van der Waals surface area (Å²) in [6.07, 6.45) is 8.91. The predicted octanol–water partition coefficient (Wildman–Crippen LogP) is -1.09. The van der Waals surface area contributed by atoms with Crippen molar-refractivity contribution < 1.29 is 33.8 Å². The molecule has 0 aliphatic heterocycles. The van der Waals surface area contributed by atoms with Gasteiger partial charge in [0.1, 0.15) is 0 Å². The normalized spacial score (nSPS) is 11.4. The summed E-state index contributed by atoms with van der Waals surface area (Å²) in [5.41, 5.74) is 3.40. The van der Waals surface area contributed by atoms with Crippen LogP contribution in [0.3, 0.4) is 0 Å². The molecule has 10 heteroatoms. The van der Waals surface area contributed by atoms with E-state index in [0.29, 0.717) is 11.9 Å². The molecule has 9 nitrogen and oxygen atoms in total. The molecule has 7 heterocycles. The standard InChI is InChI=1S/C23H13N9.Li/c1-5-14-15-6-2-10-25-19(15)31(18(14)24-9-1)22-28-13-29-23(30-22)32-20-16(7-3-11-26-20)17-8-4-12-27-21(17)32;/h1-13H;/q;+1/p+3. The number of fused-ring (bicyclic) bond motifs is 6. The van der Waals surface area contributed by atoms with Crippen LogP contribution in [0.2, 0.25) is 0 Å². The van der Waals surface area contributed by atoms with E-state index in [1.807, 2.05) is 45.8 Å². The van der Waals surface area contributed by atoms with Crippen LogP contribution in [0.5, 0.6) is 0 Å². The first-order valence-electron chi connectivity index (χ1n) is 10.2. The molecule has 0 spiro atoms. The van der Waals surface area contributed by atoms with Crippen molar-refractivity contribution in [2.45, 2.75) is 0 Å². The Morgan fingerprint density at radius 1 is 0.576 bits per heavy atom. The van der Waals surface area contributed by atoms with E-state index in [1.165, 1.54) is 0 Å². The maximum absolute atomic E-state index is 4.62. The largest absolute Gasteiger partial charge is 1.00 e. The number of hydrogen-bond acceptors (Lipinski definition) is 4. The summed E-state index contributed by atoms with van der Waals surface area (Å²) in [5, 5.41) is 4.21. The monoisotopic (exact) mass is 425 g/mol. The second-order valence-corrected chi connectivity index (χ2v) is 7.43.